The summed E-state index contributed by atoms with van der Waals surface area (Å²) in [5, 5.41) is 12.1. The quantitative estimate of drug-likeness (QED) is 0.190. The van der Waals surface area contributed by atoms with Gasteiger partial charge in [0.25, 0.3) is 0 Å². The summed E-state index contributed by atoms with van der Waals surface area (Å²) in [6.07, 6.45) is 2.48. The van der Waals surface area contributed by atoms with Gasteiger partial charge in [0.1, 0.15) is 23.2 Å². The van der Waals surface area contributed by atoms with E-state index in [0.717, 1.165) is 38.6 Å². The van der Waals surface area contributed by atoms with Gasteiger partial charge in [-0.15, -0.1) is 16.9 Å². The Hall–Kier alpha value is -2.36. The minimum Gasteiger partial charge on any atom is -0.431 e. The van der Waals surface area contributed by atoms with E-state index in [-0.39, 0.29) is 23.1 Å². The molecule has 0 spiro atoms. The Balaban J connectivity index is 1.42. The molecule has 3 heterocycles. The van der Waals surface area contributed by atoms with E-state index in [2.05, 4.69) is 15.5 Å². The molecule has 1 saturated heterocycles. The Morgan fingerprint density at radius 2 is 2.00 bits per heavy atom. The van der Waals surface area contributed by atoms with Crippen molar-refractivity contribution in [2.75, 3.05) is 32.1 Å². The van der Waals surface area contributed by atoms with Crippen molar-refractivity contribution >= 4 is 41.6 Å². The van der Waals surface area contributed by atoms with Crippen LogP contribution in [0.5, 0.6) is 0 Å². The summed E-state index contributed by atoms with van der Waals surface area (Å²) < 4.78 is 17.6. The van der Waals surface area contributed by atoms with Gasteiger partial charge in [-0.3, -0.25) is 9.69 Å². The van der Waals surface area contributed by atoms with Crippen LogP contribution >= 0.6 is 23.5 Å². The van der Waals surface area contributed by atoms with Gasteiger partial charge in [0.05, 0.1) is 6.54 Å². The first kappa shape index (κ1) is 27.7. The Kier molecular flexibility index (Phi) is 9.31. The molecule has 0 aromatic carbocycles. The molecule has 0 bridgehead atoms. The van der Waals surface area contributed by atoms with Crippen LogP contribution in [-0.2, 0) is 30.3 Å². The predicted molar refractivity (Wildman–Crippen MR) is 135 cm³/mol. The van der Waals surface area contributed by atoms with Gasteiger partial charge in [0.15, 0.2) is 0 Å². The number of fused-ring (bicyclic) bond motifs is 1. The van der Waals surface area contributed by atoms with E-state index in [1.54, 1.807) is 4.68 Å². The second kappa shape index (κ2) is 12.5. The third-order valence-corrected chi connectivity index (χ3v) is 8.67. The summed E-state index contributed by atoms with van der Waals surface area (Å²) in [4.78, 5) is 41.4. The number of tetrazole rings is 1. The number of aromatic nitrogens is 4. The highest BCUT2D eigenvalue weighted by Crippen LogP contribution is 2.41. The minimum absolute atomic E-state index is 0.131. The normalized spacial score (nSPS) is 22.9. The van der Waals surface area contributed by atoms with Gasteiger partial charge in [-0.05, 0) is 55.8 Å². The van der Waals surface area contributed by atoms with Gasteiger partial charge in [0, 0.05) is 25.0 Å². The third-order valence-electron chi connectivity index (χ3n) is 6.27. The first-order chi connectivity index (χ1) is 17.7. The molecule has 3 aliphatic rings. The Morgan fingerprint density at radius 1 is 1.24 bits per heavy atom. The van der Waals surface area contributed by atoms with Crippen LogP contribution in [0.3, 0.4) is 0 Å². The molecule has 2 fully saturated rings. The summed E-state index contributed by atoms with van der Waals surface area (Å²) in [6.45, 7) is 2.81. The summed E-state index contributed by atoms with van der Waals surface area (Å²) in [7, 11) is 3.93. The highest BCUT2D eigenvalue weighted by atomic mass is 32.2. The lowest BCUT2D eigenvalue weighted by atomic mass is 9.98. The zero-order valence-electron chi connectivity index (χ0n) is 21.2. The molecule has 1 aliphatic carbocycles. The molecule has 204 valence electrons. The highest BCUT2D eigenvalue weighted by Gasteiger charge is 2.52. The molecule has 1 saturated carbocycles. The maximum Gasteiger partial charge on any atom is 0.511 e. The molecule has 4 rings (SSSR count). The fourth-order valence-corrected chi connectivity index (χ4v) is 6.61. The van der Waals surface area contributed by atoms with Crippen LogP contribution in [0.15, 0.2) is 16.4 Å². The molecule has 1 aromatic heterocycles. The molecule has 1 aromatic rings. The number of hydrogen-bond acceptors (Lipinski definition) is 13. The topological polar surface area (TPSA) is 155 Å². The van der Waals surface area contributed by atoms with E-state index >= 15 is 0 Å². The first-order valence-corrected chi connectivity index (χ1v) is 14.3. The number of amides is 1. The van der Waals surface area contributed by atoms with Crippen molar-refractivity contribution in [3.05, 3.63) is 11.3 Å². The van der Waals surface area contributed by atoms with E-state index in [4.69, 9.17) is 19.9 Å². The van der Waals surface area contributed by atoms with Crippen molar-refractivity contribution in [2.24, 2.45) is 5.73 Å². The second-order valence-corrected chi connectivity index (χ2v) is 11.4. The SMILES string of the molecule is CC(OC(=O)OC1CCCCC1)OC(=O)C1=C(CSc2nnnn2CCN(C)C)CS[C@H]2[C@H](N)C(=O)N12. The Bertz CT molecular complexity index is 1030. The van der Waals surface area contributed by atoms with Crippen molar-refractivity contribution in [2.45, 2.75) is 74.5 Å². The number of likely N-dealkylation sites (N-methyl/N-ethyl adjacent to an activating group) is 1. The molecule has 2 N–H and O–H groups in total. The van der Waals surface area contributed by atoms with Crippen LogP contribution in [0.4, 0.5) is 4.79 Å². The standard InChI is InChI=1S/C22H33N7O6S2/c1-13(34-22(32)35-15-7-5-4-6-8-15)33-20(31)17-14(11-36-19-16(23)18(30)29(17)19)12-37-21-24-25-26-28(21)10-9-27(2)3/h13,15-16,19H,4-12,23H2,1-3H3/t13?,16-,19+/m1/s1. The van der Waals surface area contributed by atoms with Crippen molar-refractivity contribution in [1.29, 1.82) is 0 Å². The monoisotopic (exact) mass is 555 g/mol. The number of nitrogens with zero attached hydrogens (tertiary/aromatic N) is 6. The predicted octanol–water partition coefficient (Wildman–Crippen LogP) is 1.20. The zero-order valence-corrected chi connectivity index (χ0v) is 22.8. The molecule has 1 amide bonds. The first-order valence-electron chi connectivity index (χ1n) is 12.3. The number of thioether (sulfide) groups is 2. The number of carbonyl (C=O) groups excluding carboxylic acids is 3. The number of carbonyl (C=O) groups is 3. The Morgan fingerprint density at radius 3 is 2.73 bits per heavy atom. The fraction of sp³-hybridized carbons (Fsp3) is 0.727. The van der Waals surface area contributed by atoms with E-state index in [1.165, 1.54) is 35.3 Å². The van der Waals surface area contributed by atoms with Crippen LogP contribution in [0.2, 0.25) is 0 Å². The van der Waals surface area contributed by atoms with Crippen LogP contribution in [-0.4, -0.2) is 104 Å². The van der Waals surface area contributed by atoms with Gasteiger partial charge in [-0.1, -0.05) is 18.2 Å². The molecule has 37 heavy (non-hydrogen) atoms. The molecule has 0 radical (unpaired) electrons. The lowest BCUT2D eigenvalue weighted by Crippen LogP contribution is -2.68. The number of rotatable bonds is 10. The molecule has 3 atom stereocenters. The van der Waals surface area contributed by atoms with Crippen molar-refractivity contribution in [3.8, 4) is 0 Å². The molecule has 13 nitrogen and oxygen atoms in total. The largest absolute Gasteiger partial charge is 0.511 e. The molecule has 15 heteroatoms. The lowest BCUT2D eigenvalue weighted by Gasteiger charge is -2.48. The van der Waals surface area contributed by atoms with E-state index in [0.29, 0.717) is 28.8 Å². The van der Waals surface area contributed by atoms with E-state index in [1.807, 2.05) is 19.0 Å². The smallest absolute Gasteiger partial charge is 0.431 e. The summed E-state index contributed by atoms with van der Waals surface area (Å²) in [5.41, 5.74) is 6.78. The van der Waals surface area contributed by atoms with Crippen molar-refractivity contribution in [1.82, 2.24) is 30.0 Å². The average molecular weight is 556 g/mol. The third kappa shape index (κ3) is 6.75. The van der Waals surface area contributed by atoms with Crippen molar-refractivity contribution in [3.63, 3.8) is 0 Å². The molecule has 2 aliphatic heterocycles. The lowest BCUT2D eigenvalue weighted by molar-refractivity contribution is -0.169. The minimum atomic E-state index is -1.19. The fourth-order valence-electron chi connectivity index (χ4n) is 4.28. The summed E-state index contributed by atoms with van der Waals surface area (Å²) in [6, 6.07) is -0.681. The summed E-state index contributed by atoms with van der Waals surface area (Å²) >= 11 is 2.86. The Labute approximate surface area is 223 Å². The number of hydrogen-bond donors (Lipinski definition) is 1. The van der Waals surface area contributed by atoms with Gasteiger partial charge >= 0.3 is 12.1 Å². The van der Waals surface area contributed by atoms with Crippen LogP contribution in [0, 0.1) is 0 Å². The highest BCUT2D eigenvalue weighted by molar-refractivity contribution is 8.01. The molecule has 1 unspecified atom stereocenters. The summed E-state index contributed by atoms with van der Waals surface area (Å²) in [5.74, 6) is -0.263. The van der Waals surface area contributed by atoms with Gasteiger partial charge in [0.2, 0.25) is 17.4 Å². The van der Waals surface area contributed by atoms with Gasteiger partial charge < -0.3 is 24.8 Å². The number of nitrogens with two attached hydrogens (primary N) is 1. The maximum absolute atomic E-state index is 13.2. The number of β-lactam (4-membered cyclic amide) rings is 1. The number of esters is 1. The zero-order chi connectivity index (χ0) is 26.5. The van der Waals surface area contributed by atoms with Gasteiger partial charge in [-0.2, -0.15) is 0 Å². The number of ether oxygens (including phenoxy) is 3. The average Bonchev–Trinajstić information content (AvgIpc) is 3.32. The van der Waals surface area contributed by atoms with Gasteiger partial charge in [-0.25, -0.2) is 14.3 Å². The van der Waals surface area contributed by atoms with Crippen molar-refractivity contribution < 1.29 is 28.6 Å². The van der Waals surface area contributed by atoms with Crippen LogP contribution in [0.25, 0.3) is 0 Å². The maximum atomic E-state index is 13.2. The van der Waals surface area contributed by atoms with E-state index < -0.39 is 24.5 Å². The van der Waals surface area contributed by atoms with E-state index in [9.17, 15) is 14.4 Å². The van der Waals surface area contributed by atoms with Crippen LogP contribution < -0.4 is 5.73 Å². The van der Waals surface area contributed by atoms with Crippen LogP contribution in [0.1, 0.15) is 39.0 Å². The molecular formula is C22H33N7O6S2. The molecular weight excluding hydrogens is 522 g/mol. The second-order valence-electron chi connectivity index (χ2n) is 9.38.